The van der Waals surface area contributed by atoms with Crippen LogP contribution in [0.25, 0.3) is 0 Å². The average molecular weight is 247 g/mol. The van der Waals surface area contributed by atoms with Crippen molar-refractivity contribution in [3.8, 4) is 0 Å². The van der Waals surface area contributed by atoms with Crippen molar-refractivity contribution in [2.75, 3.05) is 13.1 Å². The second-order valence-electron chi connectivity index (χ2n) is 4.78. The molecule has 1 amide bonds. The molecule has 0 saturated heterocycles. The van der Waals surface area contributed by atoms with E-state index in [1.165, 1.54) is 11.1 Å². The zero-order chi connectivity index (χ0) is 13.0. The summed E-state index contributed by atoms with van der Waals surface area (Å²) in [6, 6.07) is 8.29. The third-order valence-electron chi connectivity index (χ3n) is 3.43. The molecule has 18 heavy (non-hydrogen) atoms. The van der Waals surface area contributed by atoms with Gasteiger partial charge in [-0.3, -0.25) is 9.69 Å². The van der Waals surface area contributed by atoms with Gasteiger partial charge in [0.1, 0.15) is 0 Å². The monoisotopic (exact) mass is 247 g/mol. The summed E-state index contributed by atoms with van der Waals surface area (Å²) < 4.78 is 0. The molecule has 0 aromatic heterocycles. The topological polar surface area (TPSA) is 58.4 Å². The van der Waals surface area contributed by atoms with E-state index in [1.807, 2.05) is 6.92 Å². The molecule has 3 N–H and O–H groups in total. The molecule has 2 rings (SSSR count). The predicted molar refractivity (Wildman–Crippen MR) is 71.8 cm³/mol. The molecule has 0 radical (unpaired) electrons. The average Bonchev–Trinajstić information content (AvgIpc) is 2.76. The third kappa shape index (κ3) is 3.09. The largest absolute Gasteiger partial charge is 0.368 e. The summed E-state index contributed by atoms with van der Waals surface area (Å²) in [5, 5.41) is 3.13. The zero-order valence-corrected chi connectivity index (χ0v) is 10.9. The first-order chi connectivity index (χ1) is 8.70. The number of amides is 1. The van der Waals surface area contributed by atoms with E-state index in [-0.39, 0.29) is 11.9 Å². The lowest BCUT2D eigenvalue weighted by Gasteiger charge is -2.19. The molecule has 0 aliphatic carbocycles. The smallest absolute Gasteiger partial charge is 0.234 e. The Morgan fingerprint density at radius 2 is 2.00 bits per heavy atom. The van der Waals surface area contributed by atoms with Gasteiger partial charge in [-0.25, -0.2) is 0 Å². The zero-order valence-electron chi connectivity index (χ0n) is 10.9. The van der Waals surface area contributed by atoms with Crippen LogP contribution in [0.15, 0.2) is 24.3 Å². The third-order valence-corrected chi connectivity index (χ3v) is 3.43. The van der Waals surface area contributed by atoms with Crippen molar-refractivity contribution in [3.05, 3.63) is 35.4 Å². The van der Waals surface area contributed by atoms with E-state index in [1.54, 1.807) is 0 Å². The molecule has 1 aromatic rings. The Balaban J connectivity index is 1.84. The quantitative estimate of drug-likeness (QED) is 0.783. The minimum absolute atomic E-state index is 0.210. The second-order valence-corrected chi connectivity index (χ2v) is 4.78. The van der Waals surface area contributed by atoms with Crippen molar-refractivity contribution in [3.63, 3.8) is 0 Å². The maximum atomic E-state index is 11.3. The highest BCUT2D eigenvalue weighted by Gasteiger charge is 2.20. The lowest BCUT2D eigenvalue weighted by atomic mass is 10.1. The van der Waals surface area contributed by atoms with Gasteiger partial charge in [0.2, 0.25) is 5.91 Å². The second kappa shape index (κ2) is 5.98. The molecule has 4 heteroatoms. The highest BCUT2D eigenvalue weighted by atomic mass is 16.1. The Morgan fingerprint density at radius 1 is 1.39 bits per heavy atom. The number of nitrogens with one attached hydrogen (secondary N) is 1. The molecule has 1 aliphatic heterocycles. The number of likely N-dealkylation sites (N-methyl/N-ethyl adjacent to an activating group) is 1. The Morgan fingerprint density at radius 3 is 2.50 bits per heavy atom. The molecule has 0 spiro atoms. The van der Waals surface area contributed by atoms with Gasteiger partial charge in [0.25, 0.3) is 0 Å². The van der Waals surface area contributed by atoms with E-state index in [9.17, 15) is 4.79 Å². The standard InChI is InChI=1S/C14H21N3O/c1-2-16-13(14(15)18)7-8-17-9-11-5-3-4-6-12(11)10-17/h3-6,13,16H,2,7-10H2,1H3,(H2,15,18). The Hall–Kier alpha value is -1.39. The molecule has 0 bridgehead atoms. The number of nitrogens with two attached hydrogens (primary N) is 1. The molecule has 1 atom stereocenters. The van der Waals surface area contributed by atoms with E-state index in [0.29, 0.717) is 0 Å². The van der Waals surface area contributed by atoms with Gasteiger partial charge in [-0.15, -0.1) is 0 Å². The van der Waals surface area contributed by atoms with Gasteiger partial charge in [0.15, 0.2) is 0 Å². The SMILES string of the molecule is CCNC(CCN1Cc2ccccc2C1)C(N)=O. The fourth-order valence-corrected chi connectivity index (χ4v) is 2.46. The Kier molecular flexibility index (Phi) is 4.33. The lowest BCUT2D eigenvalue weighted by Crippen LogP contribution is -2.43. The van der Waals surface area contributed by atoms with E-state index in [0.717, 1.165) is 32.6 Å². The van der Waals surface area contributed by atoms with Crippen molar-refractivity contribution in [1.29, 1.82) is 0 Å². The summed E-state index contributed by atoms with van der Waals surface area (Å²) in [5.74, 6) is -0.256. The maximum absolute atomic E-state index is 11.3. The molecule has 0 fully saturated rings. The number of nitrogens with zero attached hydrogens (tertiary/aromatic N) is 1. The van der Waals surface area contributed by atoms with Gasteiger partial charge in [-0.2, -0.15) is 0 Å². The van der Waals surface area contributed by atoms with Gasteiger partial charge in [0, 0.05) is 19.6 Å². The molecular weight excluding hydrogens is 226 g/mol. The highest BCUT2D eigenvalue weighted by molar-refractivity contribution is 5.79. The van der Waals surface area contributed by atoms with Gasteiger partial charge >= 0.3 is 0 Å². The van der Waals surface area contributed by atoms with Gasteiger partial charge in [-0.05, 0) is 24.1 Å². The van der Waals surface area contributed by atoms with Crippen LogP contribution in [0.4, 0.5) is 0 Å². The number of fused-ring (bicyclic) bond motifs is 1. The summed E-state index contributed by atoms with van der Waals surface area (Å²) in [6.45, 7) is 5.62. The first-order valence-electron chi connectivity index (χ1n) is 6.52. The number of hydrogen-bond acceptors (Lipinski definition) is 3. The Bertz CT molecular complexity index is 394. The van der Waals surface area contributed by atoms with Crippen molar-refractivity contribution in [2.45, 2.75) is 32.5 Å². The molecule has 1 aliphatic rings. The van der Waals surface area contributed by atoms with Crippen LogP contribution in [0.2, 0.25) is 0 Å². The van der Waals surface area contributed by atoms with Crippen LogP contribution in [0.5, 0.6) is 0 Å². The molecule has 1 aromatic carbocycles. The molecule has 98 valence electrons. The maximum Gasteiger partial charge on any atom is 0.234 e. The fraction of sp³-hybridized carbons (Fsp3) is 0.500. The van der Waals surface area contributed by atoms with Crippen LogP contribution in [-0.4, -0.2) is 29.9 Å². The van der Waals surface area contributed by atoms with E-state index >= 15 is 0 Å². The van der Waals surface area contributed by atoms with Gasteiger partial charge < -0.3 is 11.1 Å². The lowest BCUT2D eigenvalue weighted by molar-refractivity contribution is -0.120. The van der Waals surface area contributed by atoms with E-state index in [2.05, 4.69) is 34.5 Å². The van der Waals surface area contributed by atoms with E-state index < -0.39 is 0 Å². The summed E-state index contributed by atoms with van der Waals surface area (Å²) in [4.78, 5) is 13.6. The van der Waals surface area contributed by atoms with Crippen LogP contribution in [0.3, 0.4) is 0 Å². The summed E-state index contributed by atoms with van der Waals surface area (Å²) >= 11 is 0. The number of carbonyl (C=O) groups excluding carboxylic acids is 1. The molecule has 1 heterocycles. The minimum atomic E-state index is -0.256. The summed E-state index contributed by atoms with van der Waals surface area (Å²) in [7, 11) is 0. The van der Waals surface area contributed by atoms with Crippen molar-refractivity contribution in [1.82, 2.24) is 10.2 Å². The number of rotatable bonds is 6. The first-order valence-corrected chi connectivity index (χ1v) is 6.52. The van der Waals surface area contributed by atoms with Gasteiger partial charge in [-0.1, -0.05) is 31.2 Å². The molecule has 4 nitrogen and oxygen atoms in total. The summed E-state index contributed by atoms with van der Waals surface area (Å²) in [6.07, 6.45) is 0.775. The van der Waals surface area contributed by atoms with Crippen LogP contribution in [0.1, 0.15) is 24.5 Å². The van der Waals surface area contributed by atoms with E-state index in [4.69, 9.17) is 5.73 Å². The molecular formula is C14H21N3O. The van der Waals surface area contributed by atoms with Crippen LogP contribution < -0.4 is 11.1 Å². The summed E-state index contributed by atoms with van der Waals surface area (Å²) in [5.41, 5.74) is 8.17. The number of primary amides is 1. The normalized spacial score (nSPS) is 16.5. The molecule has 0 saturated carbocycles. The minimum Gasteiger partial charge on any atom is -0.368 e. The van der Waals surface area contributed by atoms with Crippen molar-refractivity contribution in [2.24, 2.45) is 5.73 Å². The molecule has 1 unspecified atom stereocenters. The first kappa shape index (κ1) is 13.1. The highest BCUT2D eigenvalue weighted by Crippen LogP contribution is 2.22. The van der Waals surface area contributed by atoms with Crippen LogP contribution >= 0.6 is 0 Å². The number of benzene rings is 1. The number of carbonyl (C=O) groups is 1. The number of hydrogen-bond donors (Lipinski definition) is 2. The van der Waals surface area contributed by atoms with Crippen LogP contribution in [-0.2, 0) is 17.9 Å². The van der Waals surface area contributed by atoms with Crippen molar-refractivity contribution >= 4 is 5.91 Å². The fourth-order valence-electron chi connectivity index (χ4n) is 2.46. The van der Waals surface area contributed by atoms with Crippen molar-refractivity contribution < 1.29 is 4.79 Å². The Labute approximate surface area is 108 Å². The van der Waals surface area contributed by atoms with Gasteiger partial charge in [0.05, 0.1) is 6.04 Å². The predicted octanol–water partition coefficient (Wildman–Crippen LogP) is 0.856. The van der Waals surface area contributed by atoms with Crippen LogP contribution in [0, 0.1) is 0 Å².